The van der Waals surface area contributed by atoms with Crippen LogP contribution in [0.15, 0.2) is 39.9 Å². The third kappa shape index (κ3) is 1.05. The SMILES string of the molecule is C1=Nc2ccccc2N2C[Se]C=C12. The van der Waals surface area contributed by atoms with E-state index in [9.17, 15) is 0 Å². The number of nitrogens with zero attached hydrogens (tertiary/aromatic N) is 2. The van der Waals surface area contributed by atoms with Gasteiger partial charge in [0.15, 0.2) is 0 Å². The number of allylic oxidation sites excluding steroid dienone is 1. The van der Waals surface area contributed by atoms with Crippen molar-refractivity contribution in [2.24, 2.45) is 4.99 Å². The quantitative estimate of drug-likeness (QED) is 0.625. The fraction of sp³-hybridized carbons (Fsp3) is 0.100. The van der Waals surface area contributed by atoms with Gasteiger partial charge < -0.3 is 0 Å². The van der Waals surface area contributed by atoms with Crippen molar-refractivity contribution in [1.29, 1.82) is 0 Å². The summed E-state index contributed by atoms with van der Waals surface area (Å²) in [7, 11) is 0. The third-order valence-electron chi connectivity index (χ3n) is 2.23. The molecule has 0 fully saturated rings. The molecule has 2 aliphatic heterocycles. The summed E-state index contributed by atoms with van der Waals surface area (Å²) < 4.78 is 0. The molecule has 13 heavy (non-hydrogen) atoms. The van der Waals surface area contributed by atoms with Crippen molar-refractivity contribution in [3.8, 4) is 0 Å². The van der Waals surface area contributed by atoms with Crippen molar-refractivity contribution in [2.45, 2.75) is 0 Å². The predicted molar refractivity (Wildman–Crippen MR) is 55.8 cm³/mol. The Labute approximate surface area is 83.1 Å². The van der Waals surface area contributed by atoms with Gasteiger partial charge >= 0.3 is 82.8 Å². The van der Waals surface area contributed by atoms with Gasteiger partial charge in [0.1, 0.15) is 0 Å². The molecule has 3 rings (SSSR count). The van der Waals surface area contributed by atoms with Crippen LogP contribution in [-0.4, -0.2) is 26.6 Å². The molecule has 64 valence electrons. The van der Waals surface area contributed by atoms with Crippen LogP contribution in [0.5, 0.6) is 0 Å². The summed E-state index contributed by atoms with van der Waals surface area (Å²) in [5.41, 5.74) is 4.79. The number of para-hydroxylation sites is 2. The molecule has 0 aliphatic carbocycles. The Balaban J connectivity index is 2.20. The molecular formula is C10H8N2Se. The summed E-state index contributed by atoms with van der Waals surface area (Å²) >= 11 is 0.624. The molecule has 0 bridgehead atoms. The zero-order valence-corrected chi connectivity index (χ0v) is 8.69. The van der Waals surface area contributed by atoms with E-state index in [0.29, 0.717) is 15.0 Å². The van der Waals surface area contributed by atoms with Crippen LogP contribution in [0.3, 0.4) is 0 Å². The van der Waals surface area contributed by atoms with Crippen LogP contribution in [0.25, 0.3) is 0 Å². The molecule has 0 saturated carbocycles. The second kappa shape index (κ2) is 2.72. The normalized spacial score (nSPS) is 18.2. The van der Waals surface area contributed by atoms with Crippen LogP contribution in [0.2, 0.25) is 0 Å². The molecule has 0 radical (unpaired) electrons. The summed E-state index contributed by atoms with van der Waals surface area (Å²) in [5, 5.41) is 0. The Morgan fingerprint density at radius 2 is 2.23 bits per heavy atom. The van der Waals surface area contributed by atoms with Gasteiger partial charge in [-0.3, -0.25) is 0 Å². The van der Waals surface area contributed by atoms with Crippen LogP contribution in [0.1, 0.15) is 0 Å². The van der Waals surface area contributed by atoms with E-state index >= 15 is 0 Å². The van der Waals surface area contributed by atoms with E-state index in [-0.39, 0.29) is 0 Å². The zero-order chi connectivity index (χ0) is 8.67. The minimum absolute atomic E-state index is 0.624. The van der Waals surface area contributed by atoms with Gasteiger partial charge in [0.2, 0.25) is 0 Å². The molecule has 0 saturated heterocycles. The van der Waals surface area contributed by atoms with E-state index < -0.39 is 0 Å². The molecule has 0 aromatic heterocycles. The second-order valence-electron chi connectivity index (χ2n) is 3.01. The van der Waals surface area contributed by atoms with Gasteiger partial charge in [0.25, 0.3) is 0 Å². The Bertz CT molecular complexity index is 409. The third-order valence-corrected chi connectivity index (χ3v) is 3.94. The number of hydrogen-bond acceptors (Lipinski definition) is 2. The average molecular weight is 235 g/mol. The summed E-state index contributed by atoms with van der Waals surface area (Å²) in [4.78, 5) is 9.06. The fourth-order valence-electron chi connectivity index (χ4n) is 1.58. The monoisotopic (exact) mass is 236 g/mol. The first kappa shape index (κ1) is 7.36. The maximum absolute atomic E-state index is 4.41. The molecule has 0 N–H and O–H groups in total. The van der Waals surface area contributed by atoms with Crippen molar-refractivity contribution < 1.29 is 0 Å². The van der Waals surface area contributed by atoms with E-state index in [1.54, 1.807) is 0 Å². The van der Waals surface area contributed by atoms with Gasteiger partial charge in [-0.2, -0.15) is 0 Å². The molecule has 1 aromatic rings. The fourth-order valence-corrected chi connectivity index (χ4v) is 3.41. The molecular weight excluding hydrogens is 227 g/mol. The Kier molecular flexibility index (Phi) is 1.54. The predicted octanol–water partition coefficient (Wildman–Crippen LogP) is 1.73. The molecule has 1 aromatic carbocycles. The molecule has 0 spiro atoms. The number of fused-ring (bicyclic) bond motifs is 3. The molecule has 0 unspecified atom stereocenters. The molecule has 0 amide bonds. The first-order valence-electron chi connectivity index (χ1n) is 4.17. The van der Waals surface area contributed by atoms with Crippen molar-refractivity contribution in [3.63, 3.8) is 0 Å². The summed E-state index contributed by atoms with van der Waals surface area (Å²) in [5.74, 6) is 0. The van der Waals surface area contributed by atoms with Crippen LogP contribution in [-0.2, 0) is 0 Å². The van der Waals surface area contributed by atoms with Gasteiger partial charge in [-0.25, -0.2) is 0 Å². The van der Waals surface area contributed by atoms with Crippen LogP contribution in [0.4, 0.5) is 11.4 Å². The first-order chi connectivity index (χ1) is 6.45. The molecule has 2 heterocycles. The Hall–Kier alpha value is -1.05. The summed E-state index contributed by atoms with van der Waals surface area (Å²) in [6.45, 7) is 0. The molecule has 2 nitrogen and oxygen atoms in total. The number of hydrogen-bond donors (Lipinski definition) is 0. The van der Waals surface area contributed by atoms with Gasteiger partial charge in [-0.1, -0.05) is 0 Å². The van der Waals surface area contributed by atoms with Gasteiger partial charge in [0, 0.05) is 0 Å². The van der Waals surface area contributed by atoms with E-state index in [0.717, 1.165) is 11.1 Å². The van der Waals surface area contributed by atoms with Crippen molar-refractivity contribution >= 4 is 32.5 Å². The standard InChI is InChI=1S/C10H8N2Se/c1-2-4-10-9(3-1)11-5-8-6-13-7-12(8)10/h1-6H,7H2. The number of benzene rings is 1. The number of aliphatic imine (C=N–C) groups is 1. The minimum atomic E-state index is 0.624. The molecule has 3 heteroatoms. The van der Waals surface area contributed by atoms with E-state index in [4.69, 9.17) is 0 Å². The first-order valence-corrected chi connectivity index (χ1v) is 6.37. The van der Waals surface area contributed by atoms with Gasteiger partial charge in [-0.05, 0) is 0 Å². The Morgan fingerprint density at radius 1 is 1.31 bits per heavy atom. The van der Waals surface area contributed by atoms with E-state index in [1.807, 2.05) is 12.3 Å². The maximum atomic E-state index is 4.41. The van der Waals surface area contributed by atoms with Crippen molar-refractivity contribution in [1.82, 2.24) is 0 Å². The van der Waals surface area contributed by atoms with Crippen molar-refractivity contribution in [2.75, 3.05) is 10.3 Å². The summed E-state index contributed by atoms with van der Waals surface area (Å²) in [6, 6.07) is 8.31. The topological polar surface area (TPSA) is 15.6 Å². The van der Waals surface area contributed by atoms with Gasteiger partial charge in [0.05, 0.1) is 0 Å². The summed E-state index contributed by atoms with van der Waals surface area (Å²) in [6.07, 6.45) is 1.97. The van der Waals surface area contributed by atoms with Crippen molar-refractivity contribution in [3.05, 3.63) is 34.9 Å². The molecule has 0 atom stereocenters. The van der Waals surface area contributed by atoms with E-state index in [1.165, 1.54) is 11.4 Å². The van der Waals surface area contributed by atoms with Crippen LogP contribution >= 0.6 is 0 Å². The Morgan fingerprint density at radius 3 is 3.23 bits per heavy atom. The van der Waals surface area contributed by atoms with Crippen LogP contribution < -0.4 is 4.90 Å². The van der Waals surface area contributed by atoms with E-state index in [2.05, 4.69) is 33.1 Å². The second-order valence-corrected chi connectivity index (χ2v) is 4.75. The average Bonchev–Trinajstić information content (AvgIpc) is 2.65. The van der Waals surface area contributed by atoms with Crippen LogP contribution in [0, 0.1) is 0 Å². The zero-order valence-electron chi connectivity index (χ0n) is 6.97. The molecule has 2 aliphatic rings. The number of anilines is 1. The number of rotatable bonds is 0. The van der Waals surface area contributed by atoms with Gasteiger partial charge in [-0.15, -0.1) is 0 Å².